The number of hydrogen-bond donors (Lipinski definition) is 2. The number of guanidine groups is 1. The zero-order valence-electron chi connectivity index (χ0n) is 15.3. The van der Waals surface area contributed by atoms with Gasteiger partial charge in [0.05, 0.1) is 12.2 Å². The molecule has 0 saturated heterocycles. The van der Waals surface area contributed by atoms with E-state index in [1.165, 1.54) is 0 Å². The molecule has 3 aromatic rings. The predicted molar refractivity (Wildman–Crippen MR) is 106 cm³/mol. The maximum Gasteiger partial charge on any atom is 0.191 e. The summed E-state index contributed by atoms with van der Waals surface area (Å²) in [6, 6.07) is 5.89. The van der Waals surface area contributed by atoms with Crippen LogP contribution in [0.3, 0.4) is 0 Å². The van der Waals surface area contributed by atoms with E-state index in [1.807, 2.05) is 53.2 Å². The standard InChI is InChI=1S/C17H24N8S/c1-4-18-16(20-11-13-12-26-17(21-13)24(2)3)19-9-8-15-23-22-14-7-5-6-10-25(14)15/h5-7,10,12H,4,8-9,11H2,1-3H3,(H2,18,19,20). The molecule has 0 aliphatic heterocycles. The van der Waals surface area contributed by atoms with Crippen molar-refractivity contribution < 1.29 is 0 Å². The third-order valence-electron chi connectivity index (χ3n) is 3.69. The fraction of sp³-hybridized carbons (Fsp3) is 0.412. The van der Waals surface area contributed by atoms with Gasteiger partial charge >= 0.3 is 0 Å². The van der Waals surface area contributed by atoms with Gasteiger partial charge in [0.2, 0.25) is 0 Å². The van der Waals surface area contributed by atoms with Crippen molar-refractivity contribution in [2.75, 3.05) is 32.1 Å². The van der Waals surface area contributed by atoms with Gasteiger partial charge in [-0.15, -0.1) is 21.5 Å². The van der Waals surface area contributed by atoms with E-state index in [9.17, 15) is 0 Å². The summed E-state index contributed by atoms with van der Waals surface area (Å²) >= 11 is 1.63. The van der Waals surface area contributed by atoms with E-state index < -0.39 is 0 Å². The van der Waals surface area contributed by atoms with Crippen molar-refractivity contribution in [1.29, 1.82) is 0 Å². The van der Waals surface area contributed by atoms with Crippen molar-refractivity contribution in [1.82, 2.24) is 30.2 Å². The maximum atomic E-state index is 4.61. The summed E-state index contributed by atoms with van der Waals surface area (Å²) in [6.45, 7) is 4.13. The summed E-state index contributed by atoms with van der Waals surface area (Å²) in [5.41, 5.74) is 1.84. The Morgan fingerprint density at radius 3 is 2.92 bits per heavy atom. The van der Waals surface area contributed by atoms with Crippen LogP contribution in [0.4, 0.5) is 5.13 Å². The number of rotatable bonds is 7. The molecule has 0 aliphatic rings. The van der Waals surface area contributed by atoms with E-state index in [4.69, 9.17) is 0 Å². The molecular formula is C17H24N8S. The maximum absolute atomic E-state index is 4.61. The van der Waals surface area contributed by atoms with Gasteiger partial charge in [0.15, 0.2) is 16.7 Å². The molecule has 3 heterocycles. The lowest BCUT2D eigenvalue weighted by Crippen LogP contribution is -2.38. The Bertz CT molecular complexity index is 866. The van der Waals surface area contributed by atoms with Crippen molar-refractivity contribution in [2.24, 2.45) is 4.99 Å². The van der Waals surface area contributed by atoms with E-state index in [-0.39, 0.29) is 0 Å². The number of fused-ring (bicyclic) bond motifs is 1. The Morgan fingerprint density at radius 1 is 1.27 bits per heavy atom. The second kappa shape index (κ2) is 8.61. The normalized spacial score (nSPS) is 11.7. The SMILES string of the molecule is CCNC(=NCc1csc(N(C)C)n1)NCCc1nnc2ccccn12. The summed E-state index contributed by atoms with van der Waals surface area (Å²) in [5, 5.41) is 18.1. The van der Waals surface area contributed by atoms with Gasteiger partial charge in [-0.05, 0) is 19.1 Å². The lowest BCUT2D eigenvalue weighted by atomic mass is 10.4. The lowest BCUT2D eigenvalue weighted by molar-refractivity contribution is 0.762. The van der Waals surface area contributed by atoms with Crippen LogP contribution >= 0.6 is 11.3 Å². The highest BCUT2D eigenvalue weighted by Gasteiger charge is 2.06. The van der Waals surface area contributed by atoms with Crippen molar-refractivity contribution in [3.05, 3.63) is 41.3 Å². The second-order valence-electron chi connectivity index (χ2n) is 5.93. The molecule has 0 fully saturated rings. The molecule has 3 aromatic heterocycles. The highest BCUT2D eigenvalue weighted by Crippen LogP contribution is 2.18. The van der Waals surface area contributed by atoms with Crippen molar-refractivity contribution in [2.45, 2.75) is 19.9 Å². The number of hydrogen-bond acceptors (Lipinski definition) is 6. The molecule has 0 radical (unpaired) electrons. The molecule has 0 spiro atoms. The van der Waals surface area contributed by atoms with E-state index in [0.29, 0.717) is 6.54 Å². The highest BCUT2D eigenvalue weighted by atomic mass is 32.1. The van der Waals surface area contributed by atoms with Gasteiger partial charge in [-0.3, -0.25) is 4.40 Å². The zero-order valence-corrected chi connectivity index (χ0v) is 16.1. The third kappa shape index (κ3) is 4.48. The molecule has 0 saturated carbocycles. The number of pyridine rings is 1. The van der Waals surface area contributed by atoms with Crippen molar-refractivity contribution in [3.8, 4) is 0 Å². The first-order valence-electron chi connectivity index (χ1n) is 8.60. The fourth-order valence-electron chi connectivity index (χ4n) is 2.43. The Morgan fingerprint density at radius 2 is 2.15 bits per heavy atom. The van der Waals surface area contributed by atoms with Crippen molar-refractivity contribution in [3.63, 3.8) is 0 Å². The minimum Gasteiger partial charge on any atom is -0.357 e. The fourth-order valence-corrected chi connectivity index (χ4v) is 3.18. The predicted octanol–water partition coefficient (Wildman–Crippen LogP) is 1.55. The molecule has 2 N–H and O–H groups in total. The molecule has 0 aromatic carbocycles. The van der Waals surface area contributed by atoms with Crippen LogP contribution in [-0.4, -0.2) is 52.7 Å². The summed E-state index contributed by atoms with van der Waals surface area (Å²) in [4.78, 5) is 11.2. The number of anilines is 1. The van der Waals surface area contributed by atoms with Gasteiger partial charge in [-0.25, -0.2) is 9.98 Å². The molecule has 0 aliphatic carbocycles. The Kier molecular flexibility index (Phi) is 6.00. The molecule has 0 bridgehead atoms. The van der Waals surface area contributed by atoms with E-state index in [0.717, 1.165) is 47.8 Å². The molecule has 0 unspecified atom stereocenters. The first kappa shape index (κ1) is 18.1. The summed E-state index contributed by atoms with van der Waals surface area (Å²) in [7, 11) is 3.98. The van der Waals surface area contributed by atoms with Gasteiger partial charge in [-0.2, -0.15) is 0 Å². The topological polar surface area (TPSA) is 82.7 Å². The molecule has 0 atom stereocenters. The Balaban J connectivity index is 1.57. The van der Waals surface area contributed by atoms with Gasteiger partial charge in [0.25, 0.3) is 0 Å². The van der Waals surface area contributed by atoms with Crippen LogP contribution in [0, 0.1) is 0 Å². The number of thiazole rings is 1. The minimum absolute atomic E-state index is 0.549. The smallest absolute Gasteiger partial charge is 0.191 e. The van der Waals surface area contributed by atoms with E-state index >= 15 is 0 Å². The van der Waals surface area contributed by atoms with Crippen LogP contribution in [0.1, 0.15) is 18.4 Å². The van der Waals surface area contributed by atoms with Gasteiger partial charge in [0, 0.05) is 45.2 Å². The summed E-state index contributed by atoms with van der Waals surface area (Å²) < 4.78 is 2.00. The van der Waals surface area contributed by atoms with Crippen LogP contribution in [0.15, 0.2) is 34.8 Å². The highest BCUT2D eigenvalue weighted by molar-refractivity contribution is 7.13. The first-order valence-corrected chi connectivity index (χ1v) is 9.48. The van der Waals surface area contributed by atoms with Crippen molar-refractivity contribution >= 4 is 28.1 Å². The van der Waals surface area contributed by atoms with E-state index in [2.05, 4.69) is 37.7 Å². The van der Waals surface area contributed by atoms with Gasteiger partial charge < -0.3 is 15.5 Å². The quantitative estimate of drug-likeness (QED) is 0.484. The largest absolute Gasteiger partial charge is 0.357 e. The summed E-state index contributed by atoms with van der Waals surface area (Å²) in [6.07, 6.45) is 2.74. The van der Waals surface area contributed by atoms with Crippen LogP contribution in [0.25, 0.3) is 5.65 Å². The van der Waals surface area contributed by atoms with Crippen LogP contribution in [0.2, 0.25) is 0 Å². The Hall–Kier alpha value is -2.68. The van der Waals surface area contributed by atoms with Crippen LogP contribution in [0.5, 0.6) is 0 Å². The number of aliphatic imine (C=N–C) groups is 1. The summed E-state index contributed by atoms with van der Waals surface area (Å²) in [5.74, 6) is 1.71. The lowest BCUT2D eigenvalue weighted by Gasteiger charge is -2.10. The van der Waals surface area contributed by atoms with Crippen LogP contribution < -0.4 is 15.5 Å². The number of nitrogens with one attached hydrogen (secondary N) is 2. The third-order valence-corrected chi connectivity index (χ3v) is 4.75. The first-order chi connectivity index (χ1) is 12.7. The monoisotopic (exact) mass is 372 g/mol. The van der Waals surface area contributed by atoms with Gasteiger partial charge in [-0.1, -0.05) is 6.07 Å². The number of aromatic nitrogens is 4. The van der Waals surface area contributed by atoms with Crippen LogP contribution in [-0.2, 0) is 13.0 Å². The average molecular weight is 373 g/mol. The average Bonchev–Trinajstić information content (AvgIpc) is 3.27. The minimum atomic E-state index is 0.549. The number of nitrogens with zero attached hydrogens (tertiary/aromatic N) is 6. The van der Waals surface area contributed by atoms with Gasteiger partial charge in [0.1, 0.15) is 5.82 Å². The molecule has 9 heteroatoms. The Labute approximate surface area is 157 Å². The molecule has 138 valence electrons. The zero-order chi connectivity index (χ0) is 18.4. The molecule has 26 heavy (non-hydrogen) atoms. The second-order valence-corrected chi connectivity index (χ2v) is 6.77. The van der Waals surface area contributed by atoms with E-state index in [1.54, 1.807) is 11.3 Å². The molecule has 3 rings (SSSR count). The molecular weight excluding hydrogens is 348 g/mol. The molecule has 8 nitrogen and oxygen atoms in total. The molecule has 0 amide bonds.